The topological polar surface area (TPSA) is 72.5 Å². The van der Waals surface area contributed by atoms with Crippen LogP contribution in [0.5, 0.6) is 0 Å². The van der Waals surface area contributed by atoms with Gasteiger partial charge >= 0.3 is 5.97 Å². The molecule has 0 aliphatic heterocycles. The van der Waals surface area contributed by atoms with Gasteiger partial charge in [0.15, 0.2) is 11.8 Å². The van der Waals surface area contributed by atoms with Gasteiger partial charge in [-0.3, -0.25) is 9.59 Å². The van der Waals surface area contributed by atoms with Gasteiger partial charge in [-0.2, -0.15) is 0 Å². The third-order valence-electron chi connectivity index (χ3n) is 2.85. The molecule has 0 heterocycles. The van der Waals surface area contributed by atoms with Crippen LogP contribution in [0.3, 0.4) is 0 Å². The molecular weight excluding hydrogens is 258 g/mol. The highest BCUT2D eigenvalue weighted by Gasteiger charge is 2.28. The summed E-state index contributed by atoms with van der Waals surface area (Å²) in [5, 5.41) is 2.43. The number of methoxy groups -OCH3 is 1. The SMILES string of the molecule is CCCCC(=O)C(NC(=O)c1ccccc1)C(=O)OC. The number of amides is 1. The number of ether oxygens (including phenoxy) is 1. The molecule has 0 saturated heterocycles. The third-order valence-corrected chi connectivity index (χ3v) is 2.85. The Balaban J connectivity index is 2.77. The number of nitrogens with one attached hydrogen (secondary N) is 1. The predicted octanol–water partition coefficient (Wildman–Crippen LogP) is 1.72. The van der Waals surface area contributed by atoms with Crippen LogP contribution in [-0.2, 0) is 14.3 Å². The van der Waals surface area contributed by atoms with Crippen LogP contribution < -0.4 is 5.32 Å². The predicted molar refractivity (Wildman–Crippen MR) is 74.2 cm³/mol. The molecule has 1 rings (SSSR count). The minimum Gasteiger partial charge on any atom is -0.467 e. The zero-order valence-corrected chi connectivity index (χ0v) is 11.7. The number of esters is 1. The van der Waals surface area contributed by atoms with Gasteiger partial charge in [0.1, 0.15) is 0 Å². The molecule has 108 valence electrons. The molecule has 5 nitrogen and oxygen atoms in total. The molecule has 0 aliphatic rings. The molecule has 0 bridgehead atoms. The molecule has 1 N–H and O–H groups in total. The summed E-state index contributed by atoms with van der Waals surface area (Å²) in [5.41, 5.74) is 0.393. The Bertz CT molecular complexity index is 470. The van der Waals surface area contributed by atoms with Crippen molar-refractivity contribution in [3.8, 4) is 0 Å². The molecule has 20 heavy (non-hydrogen) atoms. The van der Waals surface area contributed by atoms with E-state index in [2.05, 4.69) is 10.1 Å². The smallest absolute Gasteiger partial charge is 0.336 e. The number of benzene rings is 1. The van der Waals surface area contributed by atoms with Crippen molar-refractivity contribution in [1.82, 2.24) is 5.32 Å². The molecule has 0 saturated carbocycles. The highest BCUT2D eigenvalue weighted by molar-refractivity contribution is 6.08. The van der Waals surface area contributed by atoms with Crippen LogP contribution >= 0.6 is 0 Å². The highest BCUT2D eigenvalue weighted by atomic mass is 16.5. The van der Waals surface area contributed by atoms with Crippen LogP contribution in [-0.4, -0.2) is 30.8 Å². The molecule has 0 radical (unpaired) electrons. The molecule has 0 aliphatic carbocycles. The summed E-state index contributed by atoms with van der Waals surface area (Å²) >= 11 is 0. The first-order chi connectivity index (χ1) is 9.60. The first kappa shape index (κ1) is 15.9. The largest absolute Gasteiger partial charge is 0.467 e. The fraction of sp³-hybridized carbons (Fsp3) is 0.400. The third kappa shape index (κ3) is 4.50. The van der Waals surface area contributed by atoms with Crippen molar-refractivity contribution >= 4 is 17.7 Å². The maximum Gasteiger partial charge on any atom is 0.336 e. The molecule has 1 aromatic carbocycles. The van der Waals surface area contributed by atoms with E-state index in [1.165, 1.54) is 7.11 Å². The van der Waals surface area contributed by atoms with E-state index in [9.17, 15) is 14.4 Å². The van der Waals surface area contributed by atoms with Crippen LogP contribution in [0.15, 0.2) is 30.3 Å². The average molecular weight is 277 g/mol. The van der Waals surface area contributed by atoms with E-state index in [-0.39, 0.29) is 12.2 Å². The maximum atomic E-state index is 12.0. The van der Waals surface area contributed by atoms with Crippen LogP contribution in [0.2, 0.25) is 0 Å². The lowest BCUT2D eigenvalue weighted by molar-refractivity contribution is -0.146. The summed E-state index contributed by atoms with van der Waals surface area (Å²) in [4.78, 5) is 35.6. The quantitative estimate of drug-likeness (QED) is 0.608. The minimum atomic E-state index is -1.24. The average Bonchev–Trinajstić information content (AvgIpc) is 2.50. The number of carbonyl (C=O) groups excluding carboxylic acids is 3. The Hall–Kier alpha value is -2.17. The Morgan fingerprint density at radius 1 is 1.20 bits per heavy atom. The normalized spacial score (nSPS) is 11.5. The summed E-state index contributed by atoms with van der Waals surface area (Å²) in [7, 11) is 1.19. The summed E-state index contributed by atoms with van der Waals surface area (Å²) < 4.78 is 4.58. The van der Waals surface area contributed by atoms with Gasteiger partial charge in [0.2, 0.25) is 0 Å². The van der Waals surface area contributed by atoms with Gasteiger partial charge in [-0.05, 0) is 18.6 Å². The second kappa shape index (κ2) is 8.09. The number of Topliss-reactive ketones (excluding diaryl/α,β-unsaturated/α-hetero) is 1. The van der Waals surface area contributed by atoms with Crippen LogP contribution in [0, 0.1) is 0 Å². The zero-order valence-electron chi connectivity index (χ0n) is 11.7. The van der Waals surface area contributed by atoms with Gasteiger partial charge in [0.25, 0.3) is 5.91 Å². The van der Waals surface area contributed by atoms with Crippen molar-refractivity contribution in [2.24, 2.45) is 0 Å². The van der Waals surface area contributed by atoms with Crippen molar-refractivity contribution in [2.75, 3.05) is 7.11 Å². The monoisotopic (exact) mass is 277 g/mol. The second-order valence-electron chi connectivity index (χ2n) is 4.37. The minimum absolute atomic E-state index is 0.241. The van der Waals surface area contributed by atoms with Crippen molar-refractivity contribution in [3.05, 3.63) is 35.9 Å². The van der Waals surface area contributed by atoms with Crippen molar-refractivity contribution < 1.29 is 19.1 Å². The number of rotatable bonds is 7. The van der Waals surface area contributed by atoms with Gasteiger partial charge in [-0.1, -0.05) is 31.5 Å². The van der Waals surface area contributed by atoms with Crippen molar-refractivity contribution in [3.63, 3.8) is 0 Å². The fourth-order valence-corrected chi connectivity index (χ4v) is 1.69. The summed E-state index contributed by atoms with van der Waals surface area (Å²) in [6, 6.07) is 7.18. The standard InChI is InChI=1S/C15H19NO4/c1-3-4-10-12(17)13(15(19)20-2)16-14(18)11-8-6-5-7-9-11/h5-9,13H,3-4,10H2,1-2H3,(H,16,18). The van der Waals surface area contributed by atoms with Crippen molar-refractivity contribution in [2.45, 2.75) is 32.2 Å². The van der Waals surface area contributed by atoms with Gasteiger partial charge < -0.3 is 10.1 Å². The molecule has 0 aromatic heterocycles. The molecule has 1 atom stereocenters. The van der Waals surface area contributed by atoms with Gasteiger partial charge in [0.05, 0.1) is 7.11 Å². The lowest BCUT2D eigenvalue weighted by Crippen LogP contribution is -2.47. The van der Waals surface area contributed by atoms with Crippen LogP contribution in [0.4, 0.5) is 0 Å². The van der Waals surface area contributed by atoms with E-state index in [1.807, 2.05) is 6.92 Å². The summed E-state index contributed by atoms with van der Waals surface area (Å²) in [5.74, 6) is -1.54. The number of hydrogen-bond donors (Lipinski definition) is 1. The molecule has 1 amide bonds. The van der Waals surface area contributed by atoms with E-state index < -0.39 is 17.9 Å². The Morgan fingerprint density at radius 2 is 1.85 bits per heavy atom. The molecule has 1 aromatic rings. The lowest BCUT2D eigenvalue weighted by atomic mass is 10.1. The number of unbranched alkanes of at least 4 members (excludes halogenated alkanes) is 1. The second-order valence-corrected chi connectivity index (χ2v) is 4.37. The number of carbonyl (C=O) groups is 3. The van der Waals surface area contributed by atoms with Gasteiger partial charge in [0, 0.05) is 12.0 Å². The zero-order chi connectivity index (χ0) is 15.0. The molecule has 5 heteroatoms. The highest BCUT2D eigenvalue weighted by Crippen LogP contribution is 2.04. The van der Waals surface area contributed by atoms with E-state index in [1.54, 1.807) is 30.3 Å². The maximum absolute atomic E-state index is 12.0. The number of ketones is 1. The Kier molecular flexibility index (Phi) is 6.43. The fourth-order valence-electron chi connectivity index (χ4n) is 1.69. The lowest BCUT2D eigenvalue weighted by Gasteiger charge is -2.15. The van der Waals surface area contributed by atoms with E-state index >= 15 is 0 Å². The number of hydrogen-bond acceptors (Lipinski definition) is 4. The Morgan fingerprint density at radius 3 is 2.40 bits per heavy atom. The first-order valence-electron chi connectivity index (χ1n) is 6.56. The van der Waals surface area contributed by atoms with Crippen molar-refractivity contribution in [1.29, 1.82) is 0 Å². The molecule has 0 fully saturated rings. The first-order valence-corrected chi connectivity index (χ1v) is 6.56. The van der Waals surface area contributed by atoms with Crippen LogP contribution in [0.1, 0.15) is 36.5 Å². The summed E-state index contributed by atoms with van der Waals surface area (Å²) in [6.45, 7) is 1.95. The van der Waals surface area contributed by atoms with Gasteiger partial charge in [-0.25, -0.2) is 4.79 Å². The molecular formula is C15H19NO4. The van der Waals surface area contributed by atoms with E-state index in [0.29, 0.717) is 12.0 Å². The summed E-state index contributed by atoms with van der Waals surface area (Å²) in [6.07, 6.45) is 1.76. The van der Waals surface area contributed by atoms with Crippen LogP contribution in [0.25, 0.3) is 0 Å². The Labute approximate surface area is 118 Å². The molecule has 1 unspecified atom stereocenters. The van der Waals surface area contributed by atoms with E-state index in [0.717, 1.165) is 6.42 Å². The van der Waals surface area contributed by atoms with Gasteiger partial charge in [-0.15, -0.1) is 0 Å². The molecule has 0 spiro atoms. The van der Waals surface area contributed by atoms with E-state index in [4.69, 9.17) is 0 Å².